The normalized spacial score (nSPS) is 12.4. The van der Waals surface area contributed by atoms with Gasteiger partial charge in [-0.2, -0.15) is 0 Å². The van der Waals surface area contributed by atoms with Crippen LogP contribution in [-0.4, -0.2) is 23.8 Å². The van der Waals surface area contributed by atoms with Crippen LogP contribution >= 0.6 is 11.6 Å². The van der Waals surface area contributed by atoms with Gasteiger partial charge in [-0.1, -0.05) is 41.8 Å². The minimum atomic E-state index is 0.0515. The molecule has 0 saturated carbocycles. The Balaban J connectivity index is 2.06. The molecule has 1 N–H and O–H groups in total. The van der Waals surface area contributed by atoms with Crippen LogP contribution in [0.4, 0.5) is 6.01 Å². The summed E-state index contributed by atoms with van der Waals surface area (Å²) in [6, 6.07) is 8.33. The lowest BCUT2D eigenvalue weighted by molar-refractivity contribution is 0.458. The number of anilines is 1. The zero-order valence-electron chi connectivity index (χ0n) is 12.6. The minimum Gasteiger partial charge on any atom is -0.407 e. The number of hydrogen-bond acceptors (Lipinski definition) is 5. The number of rotatable bonds is 7. The molecule has 1 aromatic carbocycles. The summed E-state index contributed by atoms with van der Waals surface area (Å²) in [5, 5.41) is 12.1. The van der Waals surface area contributed by atoms with Crippen molar-refractivity contribution in [3.05, 3.63) is 40.7 Å². The highest BCUT2D eigenvalue weighted by molar-refractivity contribution is 6.31. The van der Waals surface area contributed by atoms with Crippen molar-refractivity contribution >= 4 is 17.6 Å². The van der Waals surface area contributed by atoms with Gasteiger partial charge in [0, 0.05) is 12.1 Å². The highest BCUT2D eigenvalue weighted by Crippen LogP contribution is 2.29. The van der Waals surface area contributed by atoms with Gasteiger partial charge in [0.25, 0.3) is 0 Å². The number of aromatic nitrogens is 2. The molecule has 5 nitrogen and oxygen atoms in total. The van der Waals surface area contributed by atoms with Crippen molar-refractivity contribution < 1.29 is 4.42 Å². The lowest BCUT2D eigenvalue weighted by atomic mass is 10.1. The second-order valence-electron chi connectivity index (χ2n) is 4.96. The average Bonchev–Trinajstić information content (AvgIpc) is 2.95. The van der Waals surface area contributed by atoms with E-state index in [-0.39, 0.29) is 6.04 Å². The van der Waals surface area contributed by atoms with E-state index >= 15 is 0 Å². The fourth-order valence-electron chi connectivity index (χ4n) is 2.02. The number of nitrogens with one attached hydrogen (secondary N) is 1. The Hall–Kier alpha value is -1.59. The van der Waals surface area contributed by atoms with E-state index in [1.807, 2.05) is 36.2 Å². The van der Waals surface area contributed by atoms with Crippen LogP contribution in [0.2, 0.25) is 5.02 Å². The van der Waals surface area contributed by atoms with Crippen LogP contribution in [0.5, 0.6) is 0 Å². The predicted octanol–water partition coefficient (Wildman–Crippen LogP) is 3.42. The predicted molar refractivity (Wildman–Crippen MR) is 84.6 cm³/mol. The van der Waals surface area contributed by atoms with Gasteiger partial charge >= 0.3 is 6.01 Å². The summed E-state index contributed by atoms with van der Waals surface area (Å²) in [4.78, 5) is 1.93. The zero-order valence-corrected chi connectivity index (χ0v) is 13.4. The van der Waals surface area contributed by atoms with Crippen molar-refractivity contribution in [2.24, 2.45) is 0 Å². The van der Waals surface area contributed by atoms with E-state index in [4.69, 9.17) is 16.0 Å². The van der Waals surface area contributed by atoms with Gasteiger partial charge in [0.2, 0.25) is 5.89 Å². The first-order valence-electron chi connectivity index (χ1n) is 7.13. The standard InChI is InChI=1S/C15H21ClN4O/c1-4-9-17-10-14-18-19-15(21-14)20(3)11(2)12-7-5-6-8-13(12)16/h5-8,11,17H,4,9-10H2,1-3H3. The average molecular weight is 309 g/mol. The Morgan fingerprint density at radius 1 is 1.33 bits per heavy atom. The Morgan fingerprint density at radius 3 is 2.81 bits per heavy atom. The van der Waals surface area contributed by atoms with E-state index in [2.05, 4.69) is 29.4 Å². The second kappa shape index (κ2) is 7.43. The molecule has 6 heteroatoms. The fourth-order valence-corrected chi connectivity index (χ4v) is 2.31. The maximum atomic E-state index is 6.24. The molecule has 2 aromatic rings. The second-order valence-corrected chi connectivity index (χ2v) is 5.37. The lowest BCUT2D eigenvalue weighted by Crippen LogP contribution is -2.22. The van der Waals surface area contributed by atoms with Crippen molar-refractivity contribution in [1.29, 1.82) is 0 Å². The first kappa shape index (κ1) is 15.8. The van der Waals surface area contributed by atoms with E-state index in [0.717, 1.165) is 23.6 Å². The lowest BCUT2D eigenvalue weighted by Gasteiger charge is -2.23. The summed E-state index contributed by atoms with van der Waals surface area (Å²) in [5.74, 6) is 0.594. The molecule has 1 heterocycles. The molecule has 21 heavy (non-hydrogen) atoms. The Morgan fingerprint density at radius 2 is 2.10 bits per heavy atom. The highest BCUT2D eigenvalue weighted by Gasteiger charge is 2.19. The third-order valence-electron chi connectivity index (χ3n) is 3.40. The van der Waals surface area contributed by atoms with Crippen molar-refractivity contribution in [3.63, 3.8) is 0 Å². The molecular weight excluding hydrogens is 288 g/mol. The van der Waals surface area contributed by atoms with Gasteiger partial charge in [-0.3, -0.25) is 0 Å². The quantitative estimate of drug-likeness (QED) is 0.794. The molecule has 0 saturated heterocycles. The molecule has 0 aliphatic carbocycles. The van der Waals surface area contributed by atoms with E-state index in [9.17, 15) is 0 Å². The van der Waals surface area contributed by atoms with Crippen LogP contribution in [0.1, 0.15) is 37.8 Å². The van der Waals surface area contributed by atoms with Crippen LogP contribution in [0, 0.1) is 0 Å². The smallest absolute Gasteiger partial charge is 0.318 e. The molecule has 0 spiro atoms. The van der Waals surface area contributed by atoms with Gasteiger partial charge in [-0.15, -0.1) is 5.10 Å². The molecular formula is C15H21ClN4O. The van der Waals surface area contributed by atoms with Crippen molar-refractivity contribution in [3.8, 4) is 0 Å². The first-order valence-corrected chi connectivity index (χ1v) is 7.51. The SMILES string of the molecule is CCCNCc1nnc(N(C)C(C)c2ccccc2Cl)o1. The minimum absolute atomic E-state index is 0.0515. The van der Waals surface area contributed by atoms with Crippen LogP contribution in [0.25, 0.3) is 0 Å². The summed E-state index contributed by atoms with van der Waals surface area (Å²) in [6.07, 6.45) is 1.07. The Labute approximate surface area is 130 Å². The number of hydrogen-bond donors (Lipinski definition) is 1. The van der Waals surface area contributed by atoms with Gasteiger partial charge in [0.15, 0.2) is 0 Å². The third-order valence-corrected chi connectivity index (χ3v) is 3.74. The van der Waals surface area contributed by atoms with Crippen molar-refractivity contribution in [2.45, 2.75) is 32.9 Å². The van der Waals surface area contributed by atoms with E-state index in [0.29, 0.717) is 18.5 Å². The molecule has 1 aromatic heterocycles. The van der Waals surface area contributed by atoms with Crippen LogP contribution in [0.15, 0.2) is 28.7 Å². The summed E-state index contributed by atoms with van der Waals surface area (Å²) in [6.45, 7) is 5.70. The van der Waals surface area contributed by atoms with Gasteiger partial charge in [0.05, 0.1) is 12.6 Å². The number of halogens is 1. The Bertz CT molecular complexity index is 572. The summed E-state index contributed by atoms with van der Waals surface area (Å²) >= 11 is 6.24. The fraction of sp³-hybridized carbons (Fsp3) is 0.467. The molecule has 114 valence electrons. The van der Waals surface area contributed by atoms with E-state index in [1.165, 1.54) is 0 Å². The highest BCUT2D eigenvalue weighted by atomic mass is 35.5. The molecule has 1 atom stereocenters. The molecule has 0 aliphatic rings. The van der Waals surface area contributed by atoms with Gasteiger partial charge < -0.3 is 14.6 Å². The van der Waals surface area contributed by atoms with E-state index < -0.39 is 0 Å². The topological polar surface area (TPSA) is 54.2 Å². The monoisotopic (exact) mass is 308 g/mol. The number of nitrogens with zero attached hydrogens (tertiary/aromatic N) is 3. The molecule has 0 bridgehead atoms. The first-order chi connectivity index (χ1) is 10.1. The molecule has 0 aliphatic heterocycles. The van der Waals surface area contributed by atoms with Gasteiger partial charge in [-0.05, 0) is 31.5 Å². The maximum Gasteiger partial charge on any atom is 0.318 e. The van der Waals surface area contributed by atoms with Crippen LogP contribution in [0.3, 0.4) is 0 Å². The third kappa shape index (κ3) is 3.95. The summed E-state index contributed by atoms with van der Waals surface area (Å²) in [5.41, 5.74) is 1.03. The van der Waals surface area contributed by atoms with Gasteiger partial charge in [-0.25, -0.2) is 0 Å². The van der Waals surface area contributed by atoms with Crippen LogP contribution < -0.4 is 10.2 Å². The Kier molecular flexibility index (Phi) is 5.59. The summed E-state index contributed by atoms with van der Waals surface area (Å²) < 4.78 is 5.67. The molecule has 1 unspecified atom stereocenters. The molecule has 0 amide bonds. The molecule has 0 fully saturated rings. The zero-order chi connectivity index (χ0) is 15.2. The largest absolute Gasteiger partial charge is 0.407 e. The maximum absolute atomic E-state index is 6.24. The summed E-state index contributed by atoms with van der Waals surface area (Å²) in [7, 11) is 1.92. The molecule has 2 rings (SSSR count). The van der Waals surface area contributed by atoms with Gasteiger partial charge in [0.1, 0.15) is 0 Å². The van der Waals surface area contributed by atoms with Crippen molar-refractivity contribution in [2.75, 3.05) is 18.5 Å². The molecule has 0 radical (unpaired) electrons. The number of benzene rings is 1. The van der Waals surface area contributed by atoms with Crippen molar-refractivity contribution in [1.82, 2.24) is 15.5 Å². The van der Waals surface area contributed by atoms with E-state index in [1.54, 1.807) is 0 Å². The van der Waals surface area contributed by atoms with Crippen LogP contribution in [-0.2, 0) is 6.54 Å².